The second-order valence-electron chi connectivity index (χ2n) is 2.65. The van der Waals surface area contributed by atoms with E-state index < -0.39 is 11.6 Å². The van der Waals surface area contributed by atoms with Crippen molar-refractivity contribution in [3.05, 3.63) is 35.6 Å². The molecule has 0 aliphatic carbocycles. The van der Waals surface area contributed by atoms with Gasteiger partial charge in [-0.1, -0.05) is 25.1 Å². The van der Waals surface area contributed by atoms with E-state index in [0.717, 1.165) is 0 Å². The van der Waals surface area contributed by atoms with Gasteiger partial charge in [-0.25, -0.2) is 4.39 Å². The molecule has 1 aromatic rings. The fourth-order valence-electron chi connectivity index (χ4n) is 0.976. The van der Waals surface area contributed by atoms with Gasteiger partial charge in [0.25, 0.3) is 0 Å². The van der Waals surface area contributed by atoms with Crippen LogP contribution in [0.2, 0.25) is 0 Å². The molecule has 0 aromatic heterocycles. The summed E-state index contributed by atoms with van der Waals surface area (Å²) in [6.45, 7) is 1.58. The molecule has 3 heteroatoms. The summed E-state index contributed by atoms with van der Waals surface area (Å²) in [5.74, 6) is -2.64. The Labute approximate surface area is 70.3 Å². The number of hydrogen-bond donors (Lipinski definition) is 2. The lowest BCUT2D eigenvalue weighted by atomic mass is 10.0. The summed E-state index contributed by atoms with van der Waals surface area (Å²) in [6.07, 6.45) is 0.0634. The fourth-order valence-corrected chi connectivity index (χ4v) is 0.976. The van der Waals surface area contributed by atoms with Crippen LogP contribution in [0, 0.1) is 5.82 Å². The summed E-state index contributed by atoms with van der Waals surface area (Å²) in [6, 6.07) is 5.63. The normalized spacial score (nSPS) is 11.7. The lowest BCUT2D eigenvalue weighted by molar-refractivity contribution is -0.173. The Morgan fingerprint density at radius 1 is 1.33 bits per heavy atom. The highest BCUT2D eigenvalue weighted by molar-refractivity contribution is 5.21. The summed E-state index contributed by atoms with van der Waals surface area (Å²) in [7, 11) is 0. The Hall–Kier alpha value is -0.930. The van der Waals surface area contributed by atoms with Gasteiger partial charge in [-0.3, -0.25) is 0 Å². The highest BCUT2D eigenvalue weighted by Crippen LogP contribution is 2.23. The van der Waals surface area contributed by atoms with Gasteiger partial charge in [0.15, 0.2) is 5.79 Å². The number of halogens is 1. The van der Waals surface area contributed by atoms with E-state index in [1.807, 2.05) is 0 Å². The lowest BCUT2D eigenvalue weighted by Gasteiger charge is -2.20. The molecule has 0 spiro atoms. The topological polar surface area (TPSA) is 40.5 Å². The van der Waals surface area contributed by atoms with Gasteiger partial charge >= 0.3 is 0 Å². The predicted octanol–water partition coefficient (Wildman–Crippen LogP) is 1.37. The Kier molecular flexibility index (Phi) is 2.45. The third-order valence-electron chi connectivity index (χ3n) is 1.80. The SMILES string of the molecule is CCC(O)(O)c1ccccc1F. The summed E-state index contributed by atoms with van der Waals surface area (Å²) < 4.78 is 13.0. The van der Waals surface area contributed by atoms with E-state index in [2.05, 4.69) is 0 Å². The molecular formula is C9H11FO2. The number of benzene rings is 1. The van der Waals surface area contributed by atoms with Crippen molar-refractivity contribution in [1.82, 2.24) is 0 Å². The smallest absolute Gasteiger partial charge is 0.192 e. The number of aliphatic hydroxyl groups is 2. The van der Waals surface area contributed by atoms with Crippen LogP contribution in [0.3, 0.4) is 0 Å². The predicted molar refractivity (Wildman–Crippen MR) is 42.8 cm³/mol. The lowest BCUT2D eigenvalue weighted by Crippen LogP contribution is -2.24. The maximum absolute atomic E-state index is 13.0. The van der Waals surface area contributed by atoms with Gasteiger partial charge in [0, 0.05) is 12.0 Å². The van der Waals surface area contributed by atoms with Crippen LogP contribution in [0.4, 0.5) is 4.39 Å². The molecule has 0 radical (unpaired) electrons. The van der Waals surface area contributed by atoms with Crippen molar-refractivity contribution in [3.8, 4) is 0 Å². The van der Waals surface area contributed by atoms with Crippen LogP contribution in [-0.2, 0) is 5.79 Å². The van der Waals surface area contributed by atoms with E-state index >= 15 is 0 Å². The zero-order valence-corrected chi connectivity index (χ0v) is 6.79. The Morgan fingerprint density at radius 3 is 2.42 bits per heavy atom. The molecule has 0 aliphatic rings. The number of rotatable bonds is 2. The molecule has 1 aromatic carbocycles. The highest BCUT2D eigenvalue weighted by atomic mass is 19.1. The van der Waals surface area contributed by atoms with Crippen LogP contribution in [0.5, 0.6) is 0 Å². The molecule has 2 N–H and O–H groups in total. The highest BCUT2D eigenvalue weighted by Gasteiger charge is 2.25. The van der Waals surface area contributed by atoms with Gasteiger partial charge in [-0.05, 0) is 6.07 Å². The van der Waals surface area contributed by atoms with Gasteiger partial charge in [0.05, 0.1) is 0 Å². The van der Waals surface area contributed by atoms with Crippen molar-refractivity contribution in [2.75, 3.05) is 0 Å². The first-order valence-corrected chi connectivity index (χ1v) is 3.77. The molecule has 0 unspecified atom stereocenters. The van der Waals surface area contributed by atoms with E-state index in [0.29, 0.717) is 0 Å². The van der Waals surface area contributed by atoms with Crippen molar-refractivity contribution < 1.29 is 14.6 Å². The number of hydrogen-bond acceptors (Lipinski definition) is 2. The summed E-state index contributed by atoms with van der Waals surface area (Å²) in [5.41, 5.74) is -0.0764. The van der Waals surface area contributed by atoms with Crippen LogP contribution in [-0.4, -0.2) is 10.2 Å². The van der Waals surface area contributed by atoms with E-state index in [9.17, 15) is 14.6 Å². The second-order valence-corrected chi connectivity index (χ2v) is 2.65. The third kappa shape index (κ3) is 1.62. The van der Waals surface area contributed by atoms with Crippen LogP contribution in [0.1, 0.15) is 18.9 Å². The molecule has 0 saturated heterocycles. The van der Waals surface area contributed by atoms with Gasteiger partial charge in [-0.2, -0.15) is 0 Å². The van der Waals surface area contributed by atoms with Crippen LogP contribution < -0.4 is 0 Å². The van der Waals surface area contributed by atoms with E-state index in [1.165, 1.54) is 18.2 Å². The van der Waals surface area contributed by atoms with Crippen LogP contribution >= 0.6 is 0 Å². The largest absolute Gasteiger partial charge is 0.362 e. The first-order chi connectivity index (χ1) is 5.58. The van der Waals surface area contributed by atoms with E-state index in [4.69, 9.17) is 0 Å². The van der Waals surface area contributed by atoms with Crippen molar-refractivity contribution in [2.24, 2.45) is 0 Å². The maximum atomic E-state index is 13.0. The third-order valence-corrected chi connectivity index (χ3v) is 1.80. The summed E-state index contributed by atoms with van der Waals surface area (Å²) in [5, 5.41) is 18.6. The van der Waals surface area contributed by atoms with E-state index in [1.54, 1.807) is 13.0 Å². The molecule has 1 rings (SSSR count). The summed E-state index contributed by atoms with van der Waals surface area (Å²) >= 11 is 0. The quantitative estimate of drug-likeness (QED) is 0.658. The molecule has 0 aliphatic heterocycles. The second kappa shape index (κ2) is 3.21. The zero-order chi connectivity index (χ0) is 9.19. The monoisotopic (exact) mass is 170 g/mol. The molecule has 0 heterocycles. The first kappa shape index (κ1) is 9.16. The van der Waals surface area contributed by atoms with Crippen molar-refractivity contribution in [1.29, 1.82) is 0 Å². The van der Waals surface area contributed by atoms with E-state index in [-0.39, 0.29) is 12.0 Å². The molecule has 0 saturated carbocycles. The Bertz CT molecular complexity index is 271. The van der Waals surface area contributed by atoms with Crippen molar-refractivity contribution >= 4 is 0 Å². The molecule has 2 nitrogen and oxygen atoms in total. The van der Waals surface area contributed by atoms with Crippen LogP contribution in [0.15, 0.2) is 24.3 Å². The van der Waals surface area contributed by atoms with Gasteiger partial charge in [0.2, 0.25) is 0 Å². The molecule has 12 heavy (non-hydrogen) atoms. The van der Waals surface area contributed by atoms with Gasteiger partial charge in [-0.15, -0.1) is 0 Å². The van der Waals surface area contributed by atoms with Crippen LogP contribution in [0.25, 0.3) is 0 Å². The Morgan fingerprint density at radius 2 is 1.92 bits per heavy atom. The van der Waals surface area contributed by atoms with Crippen molar-refractivity contribution in [3.63, 3.8) is 0 Å². The minimum Gasteiger partial charge on any atom is -0.362 e. The standard InChI is InChI=1S/C9H11FO2/c1-2-9(11,12)7-5-3-4-6-8(7)10/h3-6,11-12H,2H2,1H3. The minimum atomic E-state index is -2.05. The average molecular weight is 170 g/mol. The van der Waals surface area contributed by atoms with Crippen molar-refractivity contribution in [2.45, 2.75) is 19.1 Å². The van der Waals surface area contributed by atoms with Gasteiger partial charge in [0.1, 0.15) is 5.82 Å². The molecule has 0 atom stereocenters. The zero-order valence-electron chi connectivity index (χ0n) is 6.79. The molecule has 66 valence electrons. The molecule has 0 amide bonds. The first-order valence-electron chi connectivity index (χ1n) is 3.77. The minimum absolute atomic E-state index is 0.0634. The molecule has 0 bridgehead atoms. The molecule has 0 fully saturated rings. The maximum Gasteiger partial charge on any atom is 0.192 e. The fraction of sp³-hybridized carbons (Fsp3) is 0.333. The van der Waals surface area contributed by atoms with Gasteiger partial charge < -0.3 is 10.2 Å². The Balaban J connectivity index is 3.10. The molecular weight excluding hydrogens is 159 g/mol. The average Bonchev–Trinajstić information content (AvgIpc) is 2.05. The summed E-state index contributed by atoms with van der Waals surface area (Å²) in [4.78, 5) is 0.